The number of hydrogen-bond donors (Lipinski definition) is 3. The van der Waals surface area contributed by atoms with Crippen molar-refractivity contribution in [2.75, 3.05) is 5.32 Å². The Morgan fingerprint density at radius 1 is 1.38 bits per heavy atom. The van der Waals surface area contributed by atoms with Gasteiger partial charge in [-0.1, -0.05) is 6.92 Å². The minimum Gasteiger partial charge on any atom is -0.478 e. The first kappa shape index (κ1) is 17.7. The van der Waals surface area contributed by atoms with Crippen LogP contribution in [0, 0.1) is 6.92 Å². The Kier molecular flexibility index (Phi) is 5.40. The number of carboxylic acids is 1. The van der Waals surface area contributed by atoms with Crippen LogP contribution in [0.5, 0.6) is 0 Å². The van der Waals surface area contributed by atoms with Crippen LogP contribution in [0.25, 0.3) is 0 Å². The number of carboxylic acid groups (broad SMARTS) is 1. The van der Waals surface area contributed by atoms with Gasteiger partial charge in [-0.3, -0.25) is 9.59 Å². The second kappa shape index (κ2) is 7.31. The molecule has 8 heteroatoms. The Labute approximate surface area is 142 Å². The molecular weight excluding hydrogens is 332 g/mol. The van der Waals surface area contributed by atoms with Crippen molar-refractivity contribution in [2.24, 2.45) is 0 Å². The van der Waals surface area contributed by atoms with Crippen molar-refractivity contribution in [3.63, 3.8) is 0 Å². The second-order valence-corrected chi connectivity index (χ2v) is 6.39. The van der Waals surface area contributed by atoms with Gasteiger partial charge in [0.1, 0.15) is 11.0 Å². The normalized spacial score (nSPS) is 11.8. The zero-order valence-corrected chi connectivity index (χ0v) is 14.3. The number of carbonyl (C=O) groups is 3. The lowest BCUT2D eigenvalue weighted by molar-refractivity contribution is -0.117. The van der Waals surface area contributed by atoms with E-state index in [1.807, 2.05) is 13.8 Å². The predicted octanol–water partition coefficient (Wildman–Crippen LogP) is 2.67. The molecule has 0 spiro atoms. The van der Waals surface area contributed by atoms with Gasteiger partial charge in [-0.2, -0.15) is 0 Å². The topological polar surface area (TPSA) is 109 Å². The number of thiophene rings is 1. The Balaban J connectivity index is 2.12. The van der Waals surface area contributed by atoms with E-state index in [0.717, 1.165) is 4.88 Å². The third-order valence-electron chi connectivity index (χ3n) is 3.50. The molecule has 2 heterocycles. The summed E-state index contributed by atoms with van der Waals surface area (Å²) in [5.41, 5.74) is 0.813. The largest absolute Gasteiger partial charge is 0.478 e. The molecule has 0 aromatic carbocycles. The summed E-state index contributed by atoms with van der Waals surface area (Å²) in [4.78, 5) is 36.5. The quantitative estimate of drug-likeness (QED) is 0.742. The van der Waals surface area contributed by atoms with E-state index in [0.29, 0.717) is 12.0 Å². The molecule has 0 aliphatic heterocycles. The lowest BCUT2D eigenvalue weighted by Crippen LogP contribution is -2.41. The van der Waals surface area contributed by atoms with Gasteiger partial charge < -0.3 is 20.2 Å². The first-order valence-corrected chi connectivity index (χ1v) is 8.17. The van der Waals surface area contributed by atoms with E-state index in [1.54, 1.807) is 6.07 Å². The van der Waals surface area contributed by atoms with Crippen molar-refractivity contribution >= 4 is 34.1 Å². The lowest BCUT2D eigenvalue weighted by Gasteiger charge is -2.13. The Morgan fingerprint density at radius 2 is 2.08 bits per heavy atom. The summed E-state index contributed by atoms with van der Waals surface area (Å²) < 4.78 is 4.96. The molecule has 3 N–H and O–H groups in total. The average molecular weight is 350 g/mol. The molecule has 0 aliphatic carbocycles. The molecule has 2 rings (SSSR count). The highest BCUT2D eigenvalue weighted by Gasteiger charge is 2.24. The van der Waals surface area contributed by atoms with Crippen LogP contribution < -0.4 is 10.6 Å². The molecule has 1 atom stereocenters. The number of aromatic carboxylic acids is 1. The van der Waals surface area contributed by atoms with Gasteiger partial charge >= 0.3 is 5.97 Å². The fourth-order valence-corrected chi connectivity index (χ4v) is 3.42. The first-order chi connectivity index (χ1) is 11.3. The summed E-state index contributed by atoms with van der Waals surface area (Å²) in [6.07, 6.45) is 1.92. The zero-order chi connectivity index (χ0) is 17.9. The maximum Gasteiger partial charge on any atom is 0.339 e. The van der Waals surface area contributed by atoms with Crippen molar-refractivity contribution in [3.8, 4) is 0 Å². The van der Waals surface area contributed by atoms with Crippen molar-refractivity contribution in [3.05, 3.63) is 40.2 Å². The maximum atomic E-state index is 12.3. The number of anilines is 1. The summed E-state index contributed by atoms with van der Waals surface area (Å²) in [6, 6.07) is 2.20. The van der Waals surface area contributed by atoms with Crippen molar-refractivity contribution < 1.29 is 23.9 Å². The fourth-order valence-electron chi connectivity index (χ4n) is 2.28. The van der Waals surface area contributed by atoms with E-state index < -0.39 is 23.8 Å². The van der Waals surface area contributed by atoms with E-state index in [9.17, 15) is 19.5 Å². The number of carbonyl (C=O) groups excluding carboxylic acids is 2. The van der Waals surface area contributed by atoms with Gasteiger partial charge in [0.2, 0.25) is 5.91 Å². The molecule has 128 valence electrons. The number of nitrogens with one attached hydrogen (secondary N) is 2. The first-order valence-electron chi connectivity index (χ1n) is 7.35. The highest BCUT2D eigenvalue weighted by atomic mass is 32.1. The average Bonchev–Trinajstić information content (AvgIpc) is 3.14. The Morgan fingerprint density at radius 3 is 2.62 bits per heavy atom. The summed E-state index contributed by atoms with van der Waals surface area (Å²) in [5, 5.41) is 14.8. The Hall–Kier alpha value is -2.61. The summed E-state index contributed by atoms with van der Waals surface area (Å²) >= 11 is 1.21. The van der Waals surface area contributed by atoms with Gasteiger partial charge in [0.25, 0.3) is 5.91 Å². The Bertz CT molecular complexity index is 764. The number of hydrogen-bond acceptors (Lipinski definition) is 5. The smallest absolute Gasteiger partial charge is 0.339 e. The van der Waals surface area contributed by atoms with Crippen LogP contribution in [-0.4, -0.2) is 28.9 Å². The van der Waals surface area contributed by atoms with Gasteiger partial charge in [0.15, 0.2) is 5.76 Å². The van der Waals surface area contributed by atoms with Gasteiger partial charge in [-0.25, -0.2) is 4.79 Å². The molecule has 0 bridgehead atoms. The van der Waals surface area contributed by atoms with Crippen molar-refractivity contribution in [1.29, 1.82) is 0 Å². The molecule has 2 aromatic rings. The third kappa shape index (κ3) is 3.65. The van der Waals surface area contributed by atoms with Crippen LogP contribution >= 0.6 is 11.3 Å². The molecule has 24 heavy (non-hydrogen) atoms. The van der Waals surface area contributed by atoms with Gasteiger partial charge in [-0.15, -0.1) is 11.3 Å². The number of rotatable bonds is 6. The molecule has 0 saturated heterocycles. The predicted molar refractivity (Wildman–Crippen MR) is 89.7 cm³/mol. The summed E-state index contributed by atoms with van der Waals surface area (Å²) in [5.74, 6) is -2.00. The van der Waals surface area contributed by atoms with E-state index in [4.69, 9.17) is 4.42 Å². The van der Waals surface area contributed by atoms with Crippen LogP contribution in [0.2, 0.25) is 0 Å². The van der Waals surface area contributed by atoms with Crippen LogP contribution in [0.15, 0.2) is 22.8 Å². The van der Waals surface area contributed by atoms with Gasteiger partial charge in [-0.05, 0) is 38.0 Å². The van der Waals surface area contributed by atoms with Crippen molar-refractivity contribution in [2.45, 2.75) is 33.2 Å². The number of amides is 2. The van der Waals surface area contributed by atoms with E-state index in [2.05, 4.69) is 10.6 Å². The highest BCUT2D eigenvalue weighted by molar-refractivity contribution is 7.16. The van der Waals surface area contributed by atoms with E-state index in [1.165, 1.54) is 30.6 Å². The molecule has 0 fully saturated rings. The maximum absolute atomic E-state index is 12.3. The van der Waals surface area contributed by atoms with Crippen LogP contribution in [0.1, 0.15) is 45.2 Å². The monoisotopic (exact) mass is 350 g/mol. The van der Waals surface area contributed by atoms with E-state index in [-0.39, 0.29) is 16.3 Å². The van der Waals surface area contributed by atoms with Gasteiger partial charge in [0, 0.05) is 4.88 Å². The van der Waals surface area contributed by atoms with Crippen LogP contribution in [-0.2, 0) is 11.2 Å². The molecular formula is C16H18N2O5S. The highest BCUT2D eigenvalue weighted by Crippen LogP contribution is 2.33. The summed E-state index contributed by atoms with van der Waals surface area (Å²) in [6.45, 7) is 5.19. The number of aryl methyl sites for hydroxylation is 1. The van der Waals surface area contributed by atoms with E-state index >= 15 is 0 Å². The molecule has 2 amide bonds. The minimum absolute atomic E-state index is 0.0983. The zero-order valence-electron chi connectivity index (χ0n) is 13.5. The third-order valence-corrected chi connectivity index (χ3v) is 4.56. The lowest BCUT2D eigenvalue weighted by atomic mass is 10.1. The second-order valence-electron chi connectivity index (χ2n) is 5.16. The molecule has 0 radical (unpaired) electrons. The molecule has 1 unspecified atom stereocenters. The van der Waals surface area contributed by atoms with Crippen LogP contribution in [0.3, 0.4) is 0 Å². The van der Waals surface area contributed by atoms with Crippen LogP contribution in [0.4, 0.5) is 5.00 Å². The standard InChI is InChI=1S/C16H18N2O5S/c1-4-10-9(3)24-15(12(10)16(21)22)18-13(19)8(2)17-14(20)11-6-5-7-23-11/h5-8H,4H2,1-3H3,(H,17,20)(H,18,19)(H,21,22). The molecule has 0 aliphatic rings. The SMILES string of the molecule is CCc1c(C)sc(NC(=O)C(C)NC(=O)c2ccco2)c1C(=O)O. The molecule has 7 nitrogen and oxygen atoms in total. The van der Waals surface area contributed by atoms with Crippen molar-refractivity contribution in [1.82, 2.24) is 5.32 Å². The number of furan rings is 1. The summed E-state index contributed by atoms with van der Waals surface area (Å²) in [7, 11) is 0. The van der Waals surface area contributed by atoms with Gasteiger partial charge in [0.05, 0.1) is 11.8 Å². The molecule has 2 aromatic heterocycles. The minimum atomic E-state index is -1.08. The molecule has 0 saturated carbocycles. The fraction of sp³-hybridized carbons (Fsp3) is 0.312.